The number of nitriles is 1. The highest BCUT2D eigenvalue weighted by Gasteiger charge is 2.26. The van der Waals surface area contributed by atoms with E-state index in [1.165, 1.54) is 4.31 Å². The number of aryl methyl sites for hydroxylation is 1. The lowest BCUT2D eigenvalue weighted by molar-refractivity contribution is -0.117. The standard InChI is InChI=1S/C23H27N3O4S/c1-16(2)23(27)20(15-24)13-19-12-17(3)26(18(19)4)21-6-5-7-22(14-21)31(28,29)25-8-10-30-11-9-25/h5-7,12-14,16H,8-11H2,1-4H3/b20-13-. The number of Topliss-reactive ketones (excluding diaryl/α,β-unsaturated/α-hetero) is 1. The molecule has 1 fully saturated rings. The number of carbonyl (C=O) groups is 1. The van der Waals surface area contributed by atoms with Crippen molar-refractivity contribution in [2.75, 3.05) is 26.3 Å². The van der Waals surface area contributed by atoms with E-state index < -0.39 is 10.0 Å². The Kier molecular flexibility index (Phi) is 6.80. The summed E-state index contributed by atoms with van der Waals surface area (Å²) in [6.07, 6.45) is 1.61. The summed E-state index contributed by atoms with van der Waals surface area (Å²) in [7, 11) is -3.61. The topological polar surface area (TPSA) is 92.4 Å². The number of rotatable bonds is 6. The van der Waals surface area contributed by atoms with E-state index in [1.54, 1.807) is 38.1 Å². The van der Waals surface area contributed by atoms with Crippen molar-refractivity contribution in [3.63, 3.8) is 0 Å². The van der Waals surface area contributed by atoms with Gasteiger partial charge in [0.05, 0.1) is 23.7 Å². The number of ketones is 1. The molecule has 2 aromatic rings. The quantitative estimate of drug-likeness (QED) is 0.507. The summed E-state index contributed by atoms with van der Waals surface area (Å²) in [5.74, 6) is -0.470. The number of hydrogen-bond acceptors (Lipinski definition) is 5. The summed E-state index contributed by atoms with van der Waals surface area (Å²) in [5, 5.41) is 9.41. The molecule has 1 aliphatic rings. The van der Waals surface area contributed by atoms with Gasteiger partial charge in [-0.1, -0.05) is 19.9 Å². The molecule has 7 nitrogen and oxygen atoms in total. The fourth-order valence-electron chi connectivity index (χ4n) is 3.68. The van der Waals surface area contributed by atoms with Gasteiger partial charge in [-0.2, -0.15) is 9.57 Å². The number of ether oxygens (including phenoxy) is 1. The lowest BCUT2D eigenvalue weighted by Crippen LogP contribution is -2.40. The Balaban J connectivity index is 2.03. The predicted octanol–water partition coefficient (Wildman–Crippen LogP) is 3.25. The van der Waals surface area contributed by atoms with Crippen molar-refractivity contribution in [3.8, 4) is 11.8 Å². The molecule has 0 aliphatic carbocycles. The van der Waals surface area contributed by atoms with Crippen LogP contribution in [0.2, 0.25) is 0 Å². The lowest BCUT2D eigenvalue weighted by Gasteiger charge is -2.26. The summed E-state index contributed by atoms with van der Waals surface area (Å²) in [5.41, 5.74) is 3.27. The minimum atomic E-state index is -3.61. The van der Waals surface area contributed by atoms with Gasteiger partial charge in [-0.25, -0.2) is 8.42 Å². The number of morpholine rings is 1. The second-order valence-electron chi connectivity index (χ2n) is 7.86. The van der Waals surface area contributed by atoms with E-state index in [0.29, 0.717) is 32.0 Å². The first kappa shape index (κ1) is 22.9. The van der Waals surface area contributed by atoms with Gasteiger partial charge >= 0.3 is 0 Å². The molecule has 0 spiro atoms. The molecule has 0 bridgehead atoms. The molecule has 0 saturated carbocycles. The van der Waals surface area contributed by atoms with Crippen LogP contribution in [0.25, 0.3) is 11.8 Å². The van der Waals surface area contributed by atoms with E-state index in [1.807, 2.05) is 36.6 Å². The Bertz CT molecular complexity index is 1160. The zero-order valence-corrected chi connectivity index (χ0v) is 19.1. The first-order chi connectivity index (χ1) is 14.7. The molecule has 1 aromatic heterocycles. The van der Waals surface area contributed by atoms with Crippen LogP contribution < -0.4 is 0 Å². The molecule has 31 heavy (non-hydrogen) atoms. The molecule has 0 amide bonds. The average Bonchev–Trinajstić information content (AvgIpc) is 3.04. The van der Waals surface area contributed by atoms with Crippen LogP contribution in [-0.4, -0.2) is 49.4 Å². The SMILES string of the molecule is Cc1cc(/C=C(/C#N)C(=O)C(C)C)c(C)n1-c1cccc(S(=O)(=O)N2CCOCC2)c1. The minimum absolute atomic E-state index is 0.110. The highest BCUT2D eigenvalue weighted by Crippen LogP contribution is 2.26. The maximum Gasteiger partial charge on any atom is 0.243 e. The maximum atomic E-state index is 13.0. The molecular formula is C23H27N3O4S. The van der Waals surface area contributed by atoms with Gasteiger partial charge in [-0.05, 0) is 49.8 Å². The molecule has 1 aliphatic heterocycles. The van der Waals surface area contributed by atoms with Gasteiger partial charge in [0.25, 0.3) is 0 Å². The molecule has 164 valence electrons. The second kappa shape index (κ2) is 9.18. The zero-order chi connectivity index (χ0) is 22.8. The van der Waals surface area contributed by atoms with Crippen LogP contribution in [-0.2, 0) is 19.6 Å². The summed E-state index contributed by atoms with van der Waals surface area (Å²) in [4.78, 5) is 12.5. The highest BCUT2D eigenvalue weighted by molar-refractivity contribution is 7.89. The molecule has 1 saturated heterocycles. The van der Waals surface area contributed by atoms with E-state index in [4.69, 9.17) is 4.74 Å². The van der Waals surface area contributed by atoms with Crippen LogP contribution in [0.15, 0.2) is 40.8 Å². The normalized spacial score (nSPS) is 15.8. The van der Waals surface area contributed by atoms with Crippen molar-refractivity contribution < 1.29 is 17.9 Å². The number of nitrogens with zero attached hydrogens (tertiary/aromatic N) is 3. The first-order valence-electron chi connectivity index (χ1n) is 10.2. The fraction of sp³-hybridized carbons (Fsp3) is 0.391. The number of sulfonamides is 1. The van der Waals surface area contributed by atoms with E-state index >= 15 is 0 Å². The Morgan fingerprint density at radius 1 is 1.19 bits per heavy atom. The average molecular weight is 442 g/mol. The predicted molar refractivity (Wildman–Crippen MR) is 118 cm³/mol. The summed E-state index contributed by atoms with van der Waals surface area (Å²) in [6.45, 7) is 8.77. The van der Waals surface area contributed by atoms with Crippen molar-refractivity contribution in [2.45, 2.75) is 32.6 Å². The largest absolute Gasteiger partial charge is 0.379 e. The molecule has 2 heterocycles. The van der Waals surface area contributed by atoms with Crippen molar-refractivity contribution in [1.29, 1.82) is 5.26 Å². The third kappa shape index (κ3) is 4.64. The number of allylic oxidation sites excluding steroid dienone is 1. The van der Waals surface area contributed by atoms with Crippen molar-refractivity contribution in [2.24, 2.45) is 5.92 Å². The van der Waals surface area contributed by atoms with E-state index in [0.717, 1.165) is 17.0 Å². The van der Waals surface area contributed by atoms with Gasteiger partial charge < -0.3 is 9.30 Å². The van der Waals surface area contributed by atoms with Gasteiger partial charge in [0.15, 0.2) is 5.78 Å². The summed E-state index contributed by atoms with van der Waals surface area (Å²) >= 11 is 0. The number of hydrogen-bond donors (Lipinski definition) is 0. The Morgan fingerprint density at radius 2 is 1.87 bits per heavy atom. The van der Waals surface area contributed by atoms with Crippen LogP contribution in [0.4, 0.5) is 0 Å². The van der Waals surface area contributed by atoms with Gasteiger partial charge in [-0.15, -0.1) is 0 Å². The first-order valence-corrected chi connectivity index (χ1v) is 11.6. The number of benzene rings is 1. The molecule has 0 radical (unpaired) electrons. The van der Waals surface area contributed by atoms with Crippen molar-refractivity contribution in [1.82, 2.24) is 8.87 Å². The summed E-state index contributed by atoms with van der Waals surface area (Å²) < 4.78 is 34.7. The number of carbonyl (C=O) groups excluding carboxylic acids is 1. The smallest absolute Gasteiger partial charge is 0.243 e. The Morgan fingerprint density at radius 3 is 2.48 bits per heavy atom. The third-order valence-electron chi connectivity index (χ3n) is 5.36. The van der Waals surface area contributed by atoms with Crippen LogP contribution in [0.1, 0.15) is 30.8 Å². The molecule has 0 N–H and O–H groups in total. The monoisotopic (exact) mass is 441 g/mol. The molecule has 0 unspecified atom stereocenters. The van der Waals surface area contributed by atoms with Crippen LogP contribution in [0, 0.1) is 31.1 Å². The molecule has 8 heteroatoms. The van der Waals surface area contributed by atoms with E-state index in [-0.39, 0.29) is 22.2 Å². The van der Waals surface area contributed by atoms with E-state index in [2.05, 4.69) is 0 Å². The van der Waals surface area contributed by atoms with Crippen LogP contribution in [0.5, 0.6) is 0 Å². The minimum Gasteiger partial charge on any atom is -0.379 e. The maximum absolute atomic E-state index is 13.0. The lowest BCUT2D eigenvalue weighted by atomic mass is 10.00. The summed E-state index contributed by atoms with van der Waals surface area (Å²) in [6, 6.07) is 10.7. The van der Waals surface area contributed by atoms with E-state index in [9.17, 15) is 18.5 Å². The van der Waals surface area contributed by atoms with Crippen LogP contribution >= 0.6 is 0 Å². The third-order valence-corrected chi connectivity index (χ3v) is 7.26. The Labute approximate surface area is 183 Å². The Hall–Kier alpha value is -2.73. The van der Waals surface area contributed by atoms with Gasteiger partial charge in [0.1, 0.15) is 6.07 Å². The molecule has 3 rings (SSSR count). The van der Waals surface area contributed by atoms with Gasteiger partial charge in [-0.3, -0.25) is 4.79 Å². The zero-order valence-electron chi connectivity index (χ0n) is 18.3. The second-order valence-corrected chi connectivity index (χ2v) is 9.80. The molecule has 1 aromatic carbocycles. The fourth-order valence-corrected chi connectivity index (χ4v) is 5.12. The van der Waals surface area contributed by atoms with Gasteiger partial charge in [0.2, 0.25) is 10.0 Å². The number of aromatic nitrogens is 1. The van der Waals surface area contributed by atoms with Gasteiger partial charge in [0, 0.05) is 36.1 Å². The molecule has 0 atom stereocenters. The van der Waals surface area contributed by atoms with Crippen molar-refractivity contribution in [3.05, 3.63) is 52.9 Å². The van der Waals surface area contributed by atoms with Crippen molar-refractivity contribution >= 4 is 21.9 Å². The van der Waals surface area contributed by atoms with Crippen LogP contribution in [0.3, 0.4) is 0 Å². The highest BCUT2D eigenvalue weighted by atomic mass is 32.2. The molecular weight excluding hydrogens is 414 g/mol.